The zero-order chi connectivity index (χ0) is 20.3. The summed E-state index contributed by atoms with van der Waals surface area (Å²) in [6.45, 7) is 2.52. The van der Waals surface area contributed by atoms with Crippen molar-refractivity contribution in [3.05, 3.63) is 45.4 Å². The zero-order valence-corrected chi connectivity index (χ0v) is 18.3. The van der Waals surface area contributed by atoms with Gasteiger partial charge in [0, 0.05) is 32.5 Å². The molecule has 8 heteroatoms. The molecule has 1 N–H and O–H groups in total. The number of aliphatic hydroxyl groups excluding tert-OH is 1. The molecule has 0 saturated heterocycles. The van der Waals surface area contributed by atoms with Crippen molar-refractivity contribution in [1.29, 1.82) is 0 Å². The first-order valence-electron chi connectivity index (χ1n) is 8.68. The summed E-state index contributed by atoms with van der Waals surface area (Å²) in [6, 6.07) is 8.12. The standard InChI is InChI=1S/C20H21BrN4O2S/c1-13-4-6-14(7-5-13)25(3)12-23-18-16(11-27)28-20-17(18)19(15(21)10-22-20)24(2)8-9-26/h4-7,10-12,26H,8-9H2,1-3H3. The van der Waals surface area contributed by atoms with Gasteiger partial charge in [0.25, 0.3) is 0 Å². The third-order valence-corrected chi connectivity index (χ3v) is 5.97. The summed E-state index contributed by atoms with van der Waals surface area (Å²) in [5.41, 5.74) is 3.63. The molecule has 3 rings (SSSR count). The van der Waals surface area contributed by atoms with Crippen LogP contribution in [0.2, 0.25) is 0 Å². The van der Waals surface area contributed by atoms with Crippen LogP contribution in [0.15, 0.2) is 39.9 Å². The molecule has 0 aliphatic rings. The maximum atomic E-state index is 11.7. The van der Waals surface area contributed by atoms with Gasteiger partial charge in [-0.25, -0.2) is 9.98 Å². The highest BCUT2D eigenvalue weighted by Crippen LogP contribution is 2.44. The lowest BCUT2D eigenvalue weighted by molar-refractivity contribution is 0.112. The van der Waals surface area contributed by atoms with E-state index in [4.69, 9.17) is 0 Å². The van der Waals surface area contributed by atoms with E-state index in [1.807, 2.05) is 55.1 Å². The second-order valence-corrected chi connectivity index (χ2v) is 8.29. The van der Waals surface area contributed by atoms with Crippen molar-refractivity contribution in [2.75, 3.05) is 37.0 Å². The average Bonchev–Trinajstić information content (AvgIpc) is 3.04. The molecule has 0 amide bonds. The molecule has 2 aromatic heterocycles. The minimum atomic E-state index is 0.0200. The van der Waals surface area contributed by atoms with Crippen molar-refractivity contribution in [2.45, 2.75) is 6.92 Å². The van der Waals surface area contributed by atoms with Gasteiger partial charge in [-0.05, 0) is 35.0 Å². The molecule has 146 valence electrons. The first kappa shape index (κ1) is 20.4. The lowest BCUT2D eigenvalue weighted by Crippen LogP contribution is -2.21. The molecule has 0 atom stereocenters. The number of aliphatic imine (C=N–C) groups is 1. The Morgan fingerprint density at radius 2 is 2.00 bits per heavy atom. The maximum Gasteiger partial charge on any atom is 0.162 e. The summed E-state index contributed by atoms with van der Waals surface area (Å²) in [4.78, 5) is 25.8. The number of carbonyl (C=O) groups is 1. The van der Waals surface area contributed by atoms with Crippen LogP contribution in [-0.2, 0) is 0 Å². The third kappa shape index (κ3) is 4.09. The van der Waals surface area contributed by atoms with E-state index in [9.17, 15) is 9.90 Å². The number of aryl methyl sites for hydroxylation is 1. The van der Waals surface area contributed by atoms with Crippen LogP contribution >= 0.6 is 27.3 Å². The first-order chi connectivity index (χ1) is 13.5. The van der Waals surface area contributed by atoms with Crippen molar-refractivity contribution in [3.63, 3.8) is 0 Å². The van der Waals surface area contributed by atoms with E-state index >= 15 is 0 Å². The fraction of sp³-hybridized carbons (Fsp3) is 0.250. The molecule has 2 heterocycles. The SMILES string of the molecule is Cc1ccc(N(C)C=Nc2c(C=O)sc3ncc(Br)c(N(C)CCO)c23)cc1. The number of anilines is 2. The van der Waals surface area contributed by atoms with Gasteiger partial charge in [-0.2, -0.15) is 0 Å². The van der Waals surface area contributed by atoms with Gasteiger partial charge in [-0.1, -0.05) is 17.7 Å². The quantitative estimate of drug-likeness (QED) is 0.321. The number of benzene rings is 1. The minimum Gasteiger partial charge on any atom is -0.395 e. The van der Waals surface area contributed by atoms with E-state index in [1.54, 1.807) is 12.5 Å². The summed E-state index contributed by atoms with van der Waals surface area (Å²) in [7, 11) is 3.80. The predicted molar refractivity (Wildman–Crippen MR) is 121 cm³/mol. The number of aliphatic hydroxyl groups is 1. The molecule has 0 unspecified atom stereocenters. The number of aldehydes is 1. The van der Waals surface area contributed by atoms with Crippen LogP contribution in [0.1, 0.15) is 15.2 Å². The Hall–Kier alpha value is -2.29. The number of halogens is 1. The Morgan fingerprint density at radius 3 is 2.64 bits per heavy atom. The number of fused-ring (bicyclic) bond motifs is 1. The smallest absolute Gasteiger partial charge is 0.162 e. The summed E-state index contributed by atoms with van der Waals surface area (Å²) in [5, 5.41) is 10.1. The highest BCUT2D eigenvalue weighted by atomic mass is 79.9. The summed E-state index contributed by atoms with van der Waals surface area (Å²) < 4.78 is 0.787. The number of rotatable bonds is 7. The van der Waals surface area contributed by atoms with Gasteiger partial charge in [0.15, 0.2) is 6.29 Å². The Labute approximate surface area is 176 Å². The van der Waals surface area contributed by atoms with Crippen LogP contribution in [0.5, 0.6) is 0 Å². The number of hydrogen-bond donors (Lipinski definition) is 1. The average molecular weight is 461 g/mol. The van der Waals surface area contributed by atoms with E-state index in [2.05, 4.69) is 25.9 Å². The van der Waals surface area contributed by atoms with E-state index in [-0.39, 0.29) is 6.61 Å². The van der Waals surface area contributed by atoms with Gasteiger partial charge in [0.2, 0.25) is 0 Å². The minimum absolute atomic E-state index is 0.0200. The molecule has 0 bridgehead atoms. The Kier molecular flexibility index (Phi) is 6.43. The Bertz CT molecular complexity index is 1020. The number of thiophene rings is 1. The largest absolute Gasteiger partial charge is 0.395 e. The van der Waals surface area contributed by atoms with Crippen molar-refractivity contribution >= 4 is 67.2 Å². The van der Waals surface area contributed by atoms with Gasteiger partial charge in [0.1, 0.15) is 4.83 Å². The summed E-state index contributed by atoms with van der Waals surface area (Å²) in [5.74, 6) is 0. The normalized spacial score (nSPS) is 11.3. The fourth-order valence-electron chi connectivity index (χ4n) is 2.86. The highest BCUT2D eigenvalue weighted by Gasteiger charge is 2.20. The van der Waals surface area contributed by atoms with Crippen molar-refractivity contribution in [3.8, 4) is 0 Å². The lowest BCUT2D eigenvalue weighted by Gasteiger charge is -2.20. The van der Waals surface area contributed by atoms with E-state index in [0.717, 1.165) is 32.4 Å². The highest BCUT2D eigenvalue weighted by molar-refractivity contribution is 9.10. The van der Waals surface area contributed by atoms with Gasteiger partial charge < -0.3 is 14.9 Å². The zero-order valence-electron chi connectivity index (χ0n) is 15.9. The van der Waals surface area contributed by atoms with Crippen LogP contribution in [0.3, 0.4) is 0 Å². The maximum absolute atomic E-state index is 11.7. The number of nitrogens with zero attached hydrogens (tertiary/aromatic N) is 4. The van der Waals surface area contributed by atoms with Gasteiger partial charge in [-0.3, -0.25) is 4.79 Å². The monoisotopic (exact) mass is 460 g/mol. The number of aromatic nitrogens is 1. The number of carbonyl (C=O) groups excluding carboxylic acids is 1. The number of hydrogen-bond acceptors (Lipinski definition) is 6. The molecular weight excluding hydrogens is 440 g/mol. The second-order valence-electron chi connectivity index (χ2n) is 6.40. The summed E-state index contributed by atoms with van der Waals surface area (Å²) in [6.07, 6.45) is 4.23. The number of pyridine rings is 1. The van der Waals surface area contributed by atoms with E-state index in [0.29, 0.717) is 17.1 Å². The molecular formula is C20H21BrN4O2S. The van der Waals surface area contributed by atoms with Crippen LogP contribution in [-0.4, -0.2) is 50.0 Å². The van der Waals surface area contributed by atoms with Crippen LogP contribution in [0.25, 0.3) is 10.2 Å². The number of likely N-dealkylation sites (N-methyl/N-ethyl adjacent to an activating group) is 1. The fourth-order valence-corrected chi connectivity index (χ4v) is 4.37. The lowest BCUT2D eigenvalue weighted by atomic mass is 10.2. The summed E-state index contributed by atoms with van der Waals surface area (Å²) >= 11 is 4.86. The Balaban J connectivity index is 2.09. The van der Waals surface area contributed by atoms with Crippen LogP contribution < -0.4 is 9.80 Å². The Morgan fingerprint density at radius 1 is 1.29 bits per heavy atom. The third-order valence-electron chi connectivity index (χ3n) is 4.37. The molecule has 0 radical (unpaired) electrons. The molecule has 3 aromatic rings. The second kappa shape index (κ2) is 8.81. The van der Waals surface area contributed by atoms with Gasteiger partial charge >= 0.3 is 0 Å². The van der Waals surface area contributed by atoms with Gasteiger partial charge in [-0.15, -0.1) is 11.3 Å². The molecule has 0 aliphatic carbocycles. The molecule has 28 heavy (non-hydrogen) atoms. The topological polar surface area (TPSA) is 69.0 Å². The molecule has 0 aliphatic heterocycles. The van der Waals surface area contributed by atoms with Gasteiger partial charge in [0.05, 0.1) is 39.1 Å². The molecule has 0 saturated carbocycles. The van der Waals surface area contributed by atoms with E-state index in [1.165, 1.54) is 16.9 Å². The first-order valence-corrected chi connectivity index (χ1v) is 10.3. The van der Waals surface area contributed by atoms with Crippen molar-refractivity contribution < 1.29 is 9.90 Å². The molecule has 0 fully saturated rings. The van der Waals surface area contributed by atoms with Crippen LogP contribution in [0.4, 0.5) is 17.1 Å². The molecule has 1 aromatic carbocycles. The van der Waals surface area contributed by atoms with E-state index < -0.39 is 0 Å². The van der Waals surface area contributed by atoms with Crippen LogP contribution in [0, 0.1) is 6.92 Å². The van der Waals surface area contributed by atoms with Crippen molar-refractivity contribution in [1.82, 2.24) is 4.98 Å². The molecule has 0 spiro atoms. The molecule has 6 nitrogen and oxygen atoms in total. The van der Waals surface area contributed by atoms with Crippen molar-refractivity contribution in [2.24, 2.45) is 4.99 Å². The predicted octanol–water partition coefficient (Wildman–Crippen LogP) is 4.40.